The van der Waals surface area contributed by atoms with Crippen LogP contribution in [0.4, 0.5) is 0 Å². The van der Waals surface area contributed by atoms with Crippen LogP contribution in [0, 0.1) is 0 Å². The van der Waals surface area contributed by atoms with Crippen LogP contribution < -0.4 is 10.2 Å². The zero-order chi connectivity index (χ0) is 18.7. The number of halogens is 1. The molecule has 3 rings (SSSR count). The number of nitrogens with one attached hydrogen (secondary N) is 1. The summed E-state index contributed by atoms with van der Waals surface area (Å²) in [7, 11) is 2.87. The Bertz CT molecular complexity index is 847. The molecule has 134 valence electrons. The number of carbonyl (C=O) groups excluding carboxylic acids is 2. The fourth-order valence-electron chi connectivity index (χ4n) is 2.86. The first-order valence-electron chi connectivity index (χ1n) is 7.90. The van der Waals surface area contributed by atoms with Crippen molar-refractivity contribution in [3.05, 3.63) is 64.7 Å². The average molecular weight is 373 g/mol. The standard InChI is InChI=1S/C19H17ClN2O4/c1-25-14-9-5-11(6-10-14)15-16(21-22-17(15)19(24)26-2)18(23)12-3-7-13(20)8-4-12/h3-10,15,17,22H,1-2H3/t15-,17-/m0/s1. The van der Waals surface area contributed by atoms with E-state index in [0.29, 0.717) is 16.3 Å². The minimum absolute atomic E-state index is 0.243. The molecule has 2 aromatic carbocycles. The van der Waals surface area contributed by atoms with Crippen LogP contribution in [-0.2, 0) is 9.53 Å². The van der Waals surface area contributed by atoms with E-state index in [1.54, 1.807) is 55.6 Å². The summed E-state index contributed by atoms with van der Waals surface area (Å²) >= 11 is 5.89. The van der Waals surface area contributed by atoms with Gasteiger partial charge in [0.05, 0.1) is 20.1 Å². The second-order valence-electron chi connectivity index (χ2n) is 5.71. The van der Waals surface area contributed by atoms with Gasteiger partial charge in [0.15, 0.2) is 6.04 Å². The van der Waals surface area contributed by atoms with Crippen molar-refractivity contribution in [3.63, 3.8) is 0 Å². The normalized spacial score (nSPS) is 18.7. The molecule has 26 heavy (non-hydrogen) atoms. The maximum atomic E-state index is 12.9. The third-order valence-electron chi connectivity index (χ3n) is 4.22. The Morgan fingerprint density at radius 3 is 2.27 bits per heavy atom. The molecule has 0 amide bonds. The molecule has 0 radical (unpaired) electrons. The van der Waals surface area contributed by atoms with Crippen molar-refractivity contribution in [1.82, 2.24) is 5.43 Å². The minimum Gasteiger partial charge on any atom is -0.497 e. The Kier molecular flexibility index (Phi) is 5.23. The van der Waals surface area contributed by atoms with Gasteiger partial charge in [-0.25, -0.2) is 4.79 Å². The summed E-state index contributed by atoms with van der Waals surface area (Å²) in [5.41, 5.74) is 4.18. The van der Waals surface area contributed by atoms with E-state index < -0.39 is 17.9 Å². The molecular weight excluding hydrogens is 356 g/mol. The van der Waals surface area contributed by atoms with Crippen molar-refractivity contribution in [2.75, 3.05) is 14.2 Å². The highest BCUT2D eigenvalue weighted by Crippen LogP contribution is 2.30. The Hall–Kier alpha value is -2.86. The second-order valence-corrected chi connectivity index (χ2v) is 6.15. The lowest BCUT2D eigenvalue weighted by Gasteiger charge is -2.19. The molecular formula is C19H17ClN2O4. The van der Waals surface area contributed by atoms with Crippen molar-refractivity contribution in [2.24, 2.45) is 5.10 Å². The summed E-state index contributed by atoms with van der Waals surface area (Å²) in [5, 5.41) is 4.67. The second kappa shape index (κ2) is 7.58. The van der Waals surface area contributed by atoms with Crippen molar-refractivity contribution < 1.29 is 19.1 Å². The summed E-state index contributed by atoms with van der Waals surface area (Å²) < 4.78 is 10.0. The molecule has 0 bridgehead atoms. The number of ketones is 1. The monoisotopic (exact) mass is 372 g/mol. The molecule has 2 atom stereocenters. The Labute approximate surface area is 155 Å². The van der Waals surface area contributed by atoms with Gasteiger partial charge in [-0.2, -0.15) is 5.10 Å². The van der Waals surface area contributed by atoms with Crippen molar-refractivity contribution in [1.29, 1.82) is 0 Å². The summed E-state index contributed by atoms with van der Waals surface area (Å²) in [6, 6.07) is 12.9. The summed E-state index contributed by atoms with van der Waals surface area (Å²) in [6.07, 6.45) is 0. The number of carbonyl (C=O) groups is 2. The molecule has 1 aliphatic rings. The van der Waals surface area contributed by atoms with Crippen molar-refractivity contribution >= 4 is 29.1 Å². The fourth-order valence-corrected chi connectivity index (χ4v) is 2.99. The molecule has 0 spiro atoms. The van der Waals surface area contributed by atoms with Gasteiger partial charge in [-0.3, -0.25) is 10.2 Å². The van der Waals surface area contributed by atoms with Crippen LogP contribution in [0.25, 0.3) is 0 Å². The Morgan fingerprint density at radius 2 is 1.69 bits per heavy atom. The highest BCUT2D eigenvalue weighted by Gasteiger charge is 2.41. The molecule has 1 heterocycles. The van der Waals surface area contributed by atoms with Crippen LogP contribution in [0.2, 0.25) is 5.02 Å². The number of benzene rings is 2. The molecule has 0 fully saturated rings. The summed E-state index contributed by atoms with van der Waals surface area (Å²) in [5.74, 6) is -0.664. The third kappa shape index (κ3) is 3.41. The predicted molar refractivity (Wildman–Crippen MR) is 97.9 cm³/mol. The van der Waals surface area contributed by atoms with E-state index >= 15 is 0 Å². The molecule has 1 N–H and O–H groups in total. The average Bonchev–Trinajstić information content (AvgIpc) is 3.12. The number of Topliss-reactive ketones (excluding diaryl/α,β-unsaturated/α-hetero) is 1. The minimum atomic E-state index is -0.778. The van der Waals surface area contributed by atoms with Crippen molar-refractivity contribution in [3.8, 4) is 5.75 Å². The van der Waals surface area contributed by atoms with E-state index in [0.717, 1.165) is 5.56 Å². The van der Waals surface area contributed by atoms with E-state index in [4.69, 9.17) is 21.1 Å². The zero-order valence-corrected chi connectivity index (χ0v) is 15.0. The quantitative estimate of drug-likeness (QED) is 0.645. The first kappa shape index (κ1) is 17.9. The van der Waals surface area contributed by atoms with Crippen LogP contribution in [-0.4, -0.2) is 37.7 Å². The number of rotatable bonds is 5. The SMILES string of the molecule is COC(=O)[C@H]1NN=C(C(=O)c2ccc(Cl)cc2)[C@@H]1c1ccc(OC)cc1. The van der Waals surface area contributed by atoms with Gasteiger partial charge < -0.3 is 9.47 Å². The summed E-state index contributed by atoms with van der Waals surface area (Å²) in [6.45, 7) is 0. The number of nitrogens with zero attached hydrogens (tertiary/aromatic N) is 1. The number of hydrazone groups is 1. The highest BCUT2D eigenvalue weighted by molar-refractivity contribution is 6.48. The number of ether oxygens (including phenoxy) is 2. The van der Waals surface area contributed by atoms with Gasteiger partial charge in [0.1, 0.15) is 11.5 Å². The van der Waals surface area contributed by atoms with Gasteiger partial charge in [0.25, 0.3) is 0 Å². The van der Waals surface area contributed by atoms with Gasteiger partial charge >= 0.3 is 5.97 Å². The van der Waals surface area contributed by atoms with E-state index in [9.17, 15) is 9.59 Å². The van der Waals surface area contributed by atoms with Gasteiger partial charge in [0.2, 0.25) is 5.78 Å². The van der Waals surface area contributed by atoms with Crippen LogP contribution >= 0.6 is 11.6 Å². The predicted octanol–water partition coefficient (Wildman–Crippen LogP) is 2.82. The van der Waals surface area contributed by atoms with E-state index in [-0.39, 0.29) is 11.5 Å². The smallest absolute Gasteiger partial charge is 0.330 e. The first-order chi connectivity index (χ1) is 12.5. The zero-order valence-electron chi connectivity index (χ0n) is 14.2. The lowest BCUT2D eigenvalue weighted by Crippen LogP contribution is -2.38. The van der Waals surface area contributed by atoms with Gasteiger partial charge in [0, 0.05) is 10.6 Å². The lowest BCUT2D eigenvalue weighted by molar-refractivity contribution is -0.143. The Balaban J connectivity index is 1.97. The molecule has 0 saturated carbocycles. The van der Waals surface area contributed by atoms with Gasteiger partial charge in [-0.15, -0.1) is 0 Å². The van der Waals surface area contributed by atoms with E-state index in [2.05, 4.69) is 10.5 Å². The highest BCUT2D eigenvalue weighted by atomic mass is 35.5. The molecule has 0 unspecified atom stereocenters. The number of methoxy groups -OCH3 is 2. The molecule has 7 heteroatoms. The van der Waals surface area contributed by atoms with E-state index in [1.165, 1.54) is 7.11 Å². The van der Waals surface area contributed by atoms with Crippen LogP contribution in [0.15, 0.2) is 53.6 Å². The van der Waals surface area contributed by atoms with Gasteiger partial charge in [-0.1, -0.05) is 23.7 Å². The van der Waals surface area contributed by atoms with Crippen molar-refractivity contribution in [2.45, 2.75) is 12.0 Å². The maximum Gasteiger partial charge on any atom is 0.330 e. The molecule has 0 aromatic heterocycles. The molecule has 0 saturated heterocycles. The molecule has 0 aliphatic carbocycles. The van der Waals surface area contributed by atoms with E-state index in [1.807, 2.05) is 0 Å². The van der Waals surface area contributed by atoms with Crippen LogP contribution in [0.3, 0.4) is 0 Å². The summed E-state index contributed by atoms with van der Waals surface area (Å²) in [4.78, 5) is 25.1. The first-order valence-corrected chi connectivity index (χ1v) is 8.28. The molecule has 1 aliphatic heterocycles. The molecule has 6 nitrogen and oxygen atoms in total. The van der Waals surface area contributed by atoms with Crippen LogP contribution in [0.5, 0.6) is 5.75 Å². The topological polar surface area (TPSA) is 77.0 Å². The third-order valence-corrected chi connectivity index (χ3v) is 4.47. The van der Waals surface area contributed by atoms with Crippen LogP contribution in [0.1, 0.15) is 21.8 Å². The number of esters is 1. The lowest BCUT2D eigenvalue weighted by atomic mass is 9.85. The number of hydrogen-bond acceptors (Lipinski definition) is 6. The largest absolute Gasteiger partial charge is 0.497 e. The van der Waals surface area contributed by atoms with Gasteiger partial charge in [-0.05, 0) is 42.0 Å². The Morgan fingerprint density at radius 1 is 1.04 bits per heavy atom. The number of hydrogen-bond donors (Lipinski definition) is 1. The maximum absolute atomic E-state index is 12.9. The fraction of sp³-hybridized carbons (Fsp3) is 0.211. The molecule has 2 aromatic rings.